The molecule has 0 fully saturated rings. The van der Waals surface area contributed by atoms with Crippen molar-refractivity contribution in [1.82, 2.24) is 19.5 Å². The van der Waals surface area contributed by atoms with Gasteiger partial charge in [-0.2, -0.15) is 0 Å². The van der Waals surface area contributed by atoms with E-state index in [0.717, 1.165) is 5.82 Å². The summed E-state index contributed by atoms with van der Waals surface area (Å²) in [5.41, 5.74) is 1.31. The number of imidazole rings is 1. The summed E-state index contributed by atoms with van der Waals surface area (Å²) in [6.45, 7) is 4.09. The lowest BCUT2D eigenvalue weighted by Crippen LogP contribution is -2.05. The Morgan fingerprint density at radius 2 is 2.12 bits per heavy atom. The first-order valence-corrected chi connectivity index (χ1v) is 5.32. The number of nitrogens with zero attached hydrogens (tertiary/aromatic N) is 4. The molecule has 0 aromatic carbocycles. The summed E-state index contributed by atoms with van der Waals surface area (Å²) in [7, 11) is 3.20. The number of aryl methyl sites for hydroxylation is 1. The van der Waals surface area contributed by atoms with Crippen molar-refractivity contribution in [1.29, 1.82) is 0 Å². The number of ether oxygens (including phenoxy) is 1. The zero-order valence-corrected chi connectivity index (χ0v) is 10.3. The van der Waals surface area contributed by atoms with E-state index >= 15 is 0 Å². The molecule has 6 heteroatoms. The highest BCUT2D eigenvalue weighted by atomic mass is 16.5. The van der Waals surface area contributed by atoms with Crippen LogP contribution in [0, 0.1) is 0 Å². The number of rotatable bonds is 2. The lowest BCUT2D eigenvalue weighted by atomic mass is 10.2. The van der Waals surface area contributed by atoms with Crippen molar-refractivity contribution in [3.05, 3.63) is 17.7 Å². The number of methoxy groups -OCH3 is 1. The highest BCUT2D eigenvalue weighted by molar-refractivity contribution is 5.88. The van der Waals surface area contributed by atoms with Gasteiger partial charge < -0.3 is 9.30 Å². The smallest absolute Gasteiger partial charge is 0.358 e. The predicted octanol–water partition coefficient (Wildman–Crippen LogP) is 1.27. The molecular formula is C11H14N4O2. The lowest BCUT2D eigenvalue weighted by Gasteiger charge is -2.03. The van der Waals surface area contributed by atoms with Crippen LogP contribution in [0.4, 0.5) is 0 Å². The number of carbonyl (C=O) groups excluding carboxylic acids is 1. The molecule has 0 unspecified atom stereocenters. The quantitative estimate of drug-likeness (QED) is 0.732. The van der Waals surface area contributed by atoms with Crippen LogP contribution in [0.25, 0.3) is 11.3 Å². The maximum atomic E-state index is 11.3. The zero-order valence-electron chi connectivity index (χ0n) is 10.3. The molecule has 0 aliphatic heterocycles. The van der Waals surface area contributed by atoms with E-state index in [-0.39, 0.29) is 11.6 Å². The Bertz CT molecular complexity index is 574. The van der Waals surface area contributed by atoms with Crippen molar-refractivity contribution in [3.8, 4) is 0 Å². The SMILES string of the molecule is COC(=O)c1cnc2c(n1)nc(C(C)C)n2C. The molecule has 0 saturated carbocycles. The van der Waals surface area contributed by atoms with E-state index in [1.807, 2.05) is 25.5 Å². The van der Waals surface area contributed by atoms with Gasteiger partial charge in [-0.05, 0) is 0 Å². The summed E-state index contributed by atoms with van der Waals surface area (Å²) in [4.78, 5) is 24.0. The van der Waals surface area contributed by atoms with E-state index in [1.54, 1.807) is 0 Å². The molecule has 0 amide bonds. The van der Waals surface area contributed by atoms with Gasteiger partial charge in [0.2, 0.25) is 0 Å². The van der Waals surface area contributed by atoms with Crippen molar-refractivity contribution >= 4 is 17.3 Å². The van der Waals surface area contributed by atoms with Gasteiger partial charge in [0, 0.05) is 13.0 Å². The van der Waals surface area contributed by atoms with Crippen LogP contribution in [0.1, 0.15) is 36.1 Å². The van der Waals surface area contributed by atoms with Crippen LogP contribution in [0.15, 0.2) is 6.20 Å². The second-order valence-electron chi connectivity index (χ2n) is 4.08. The van der Waals surface area contributed by atoms with Gasteiger partial charge in [0.15, 0.2) is 17.0 Å². The molecule has 0 saturated heterocycles. The fourth-order valence-electron chi connectivity index (χ4n) is 1.70. The molecule has 6 nitrogen and oxygen atoms in total. The molecule has 0 N–H and O–H groups in total. The number of hydrogen-bond acceptors (Lipinski definition) is 5. The average Bonchev–Trinajstić information content (AvgIpc) is 2.65. The van der Waals surface area contributed by atoms with Crippen LogP contribution in [-0.4, -0.2) is 32.6 Å². The molecule has 17 heavy (non-hydrogen) atoms. The van der Waals surface area contributed by atoms with E-state index in [2.05, 4.69) is 19.7 Å². The normalized spacial score (nSPS) is 11.1. The second-order valence-corrected chi connectivity index (χ2v) is 4.08. The predicted molar refractivity (Wildman–Crippen MR) is 61.7 cm³/mol. The monoisotopic (exact) mass is 234 g/mol. The number of esters is 1. The molecule has 0 bridgehead atoms. The Labute approximate surface area is 98.7 Å². The lowest BCUT2D eigenvalue weighted by molar-refractivity contribution is 0.0594. The summed E-state index contributed by atoms with van der Waals surface area (Å²) >= 11 is 0. The number of fused-ring (bicyclic) bond motifs is 1. The molecule has 2 rings (SSSR count). The Morgan fingerprint density at radius 3 is 2.71 bits per heavy atom. The topological polar surface area (TPSA) is 69.9 Å². The highest BCUT2D eigenvalue weighted by Crippen LogP contribution is 2.17. The Balaban J connectivity index is 2.59. The van der Waals surface area contributed by atoms with E-state index in [9.17, 15) is 4.79 Å². The molecule has 2 aromatic rings. The van der Waals surface area contributed by atoms with Gasteiger partial charge in [-0.15, -0.1) is 0 Å². The van der Waals surface area contributed by atoms with Crippen molar-refractivity contribution in [3.63, 3.8) is 0 Å². The Kier molecular flexibility index (Phi) is 2.79. The third-order valence-corrected chi connectivity index (χ3v) is 2.53. The highest BCUT2D eigenvalue weighted by Gasteiger charge is 2.15. The van der Waals surface area contributed by atoms with Crippen LogP contribution >= 0.6 is 0 Å². The van der Waals surface area contributed by atoms with E-state index < -0.39 is 5.97 Å². The molecule has 90 valence electrons. The molecule has 0 aliphatic rings. The molecule has 0 atom stereocenters. The minimum absolute atomic E-state index is 0.174. The van der Waals surface area contributed by atoms with Gasteiger partial charge in [0.25, 0.3) is 0 Å². The second kappa shape index (κ2) is 4.12. The van der Waals surface area contributed by atoms with Crippen LogP contribution < -0.4 is 0 Å². The van der Waals surface area contributed by atoms with Crippen molar-refractivity contribution in [2.45, 2.75) is 19.8 Å². The van der Waals surface area contributed by atoms with Crippen LogP contribution in [0.2, 0.25) is 0 Å². The molecule has 0 radical (unpaired) electrons. The minimum Gasteiger partial charge on any atom is -0.464 e. The zero-order chi connectivity index (χ0) is 12.6. The largest absolute Gasteiger partial charge is 0.464 e. The fourth-order valence-corrected chi connectivity index (χ4v) is 1.70. The maximum absolute atomic E-state index is 11.3. The standard InChI is InChI=1S/C11H14N4O2/c1-6(2)9-14-8-10(15(9)3)12-5-7(13-8)11(16)17-4/h5-6H,1-4H3. The molecule has 2 heterocycles. The van der Waals surface area contributed by atoms with Gasteiger partial charge in [0.1, 0.15) is 5.82 Å². The first-order valence-electron chi connectivity index (χ1n) is 5.32. The molecule has 0 aliphatic carbocycles. The molecular weight excluding hydrogens is 220 g/mol. The minimum atomic E-state index is -0.504. The summed E-state index contributed by atoms with van der Waals surface area (Å²) < 4.78 is 6.48. The first kappa shape index (κ1) is 11.5. The van der Waals surface area contributed by atoms with E-state index in [0.29, 0.717) is 11.3 Å². The van der Waals surface area contributed by atoms with E-state index in [1.165, 1.54) is 13.3 Å². The molecule has 2 aromatic heterocycles. The van der Waals surface area contributed by atoms with Crippen LogP contribution in [0.5, 0.6) is 0 Å². The average molecular weight is 234 g/mol. The van der Waals surface area contributed by atoms with Crippen molar-refractivity contribution in [2.75, 3.05) is 7.11 Å². The van der Waals surface area contributed by atoms with Crippen molar-refractivity contribution < 1.29 is 9.53 Å². The number of hydrogen-bond donors (Lipinski definition) is 0. The third kappa shape index (κ3) is 1.86. The summed E-state index contributed by atoms with van der Waals surface area (Å²) in [5, 5.41) is 0. The first-order chi connectivity index (χ1) is 8.04. The van der Waals surface area contributed by atoms with E-state index in [4.69, 9.17) is 0 Å². The van der Waals surface area contributed by atoms with Gasteiger partial charge in [0.05, 0.1) is 13.3 Å². The van der Waals surface area contributed by atoms with Crippen molar-refractivity contribution in [2.24, 2.45) is 7.05 Å². The fraction of sp³-hybridized carbons (Fsp3) is 0.455. The number of carbonyl (C=O) groups is 1. The van der Waals surface area contributed by atoms with Gasteiger partial charge in [-0.25, -0.2) is 19.7 Å². The number of aromatic nitrogens is 4. The summed E-state index contributed by atoms with van der Waals surface area (Å²) in [5.74, 6) is 0.663. The maximum Gasteiger partial charge on any atom is 0.358 e. The van der Waals surface area contributed by atoms with Gasteiger partial charge in [-0.3, -0.25) is 0 Å². The Hall–Kier alpha value is -1.98. The van der Waals surface area contributed by atoms with Crippen LogP contribution in [-0.2, 0) is 11.8 Å². The Morgan fingerprint density at radius 1 is 1.41 bits per heavy atom. The van der Waals surface area contributed by atoms with Gasteiger partial charge in [-0.1, -0.05) is 13.8 Å². The summed E-state index contributed by atoms with van der Waals surface area (Å²) in [6, 6.07) is 0. The summed E-state index contributed by atoms with van der Waals surface area (Å²) in [6.07, 6.45) is 1.40. The van der Waals surface area contributed by atoms with Crippen LogP contribution in [0.3, 0.4) is 0 Å². The third-order valence-electron chi connectivity index (χ3n) is 2.53. The van der Waals surface area contributed by atoms with Gasteiger partial charge >= 0.3 is 5.97 Å². The molecule has 0 spiro atoms.